The lowest BCUT2D eigenvalue weighted by Gasteiger charge is -2.21. The van der Waals surface area contributed by atoms with Crippen molar-refractivity contribution in [1.29, 1.82) is 0 Å². The van der Waals surface area contributed by atoms with Crippen molar-refractivity contribution in [2.75, 3.05) is 7.11 Å². The van der Waals surface area contributed by atoms with Gasteiger partial charge in [-0.05, 0) is 29.3 Å². The molecule has 2 rings (SSSR count). The Hall–Kier alpha value is -1.87. The van der Waals surface area contributed by atoms with E-state index in [9.17, 15) is 25.2 Å². The summed E-state index contributed by atoms with van der Waals surface area (Å²) in [5.74, 6) is -0.697. The molecule has 8 heteroatoms. The number of cyclic esters (lactones) is 1. The molecule has 4 atom stereocenters. The van der Waals surface area contributed by atoms with Gasteiger partial charge < -0.3 is 29.9 Å². The Morgan fingerprint density at radius 1 is 1.22 bits per heavy atom. The van der Waals surface area contributed by atoms with Crippen molar-refractivity contribution in [1.82, 2.24) is 0 Å². The van der Waals surface area contributed by atoms with Crippen molar-refractivity contribution >= 4 is 28.0 Å². The lowest BCUT2D eigenvalue weighted by atomic mass is 10.0. The molecule has 0 aromatic heterocycles. The highest BCUT2D eigenvalue weighted by molar-refractivity contribution is 9.10. The first-order valence-electron chi connectivity index (χ1n) is 8.44. The van der Waals surface area contributed by atoms with E-state index in [1.807, 2.05) is 0 Å². The van der Waals surface area contributed by atoms with Crippen LogP contribution in [-0.2, 0) is 4.74 Å². The minimum absolute atomic E-state index is 0.0152. The van der Waals surface area contributed by atoms with Gasteiger partial charge in [0.1, 0.15) is 35.4 Å². The molecule has 0 spiro atoms. The zero-order valence-electron chi connectivity index (χ0n) is 15.0. The predicted octanol–water partition coefficient (Wildman–Crippen LogP) is 2.15. The number of benzene rings is 1. The van der Waals surface area contributed by atoms with Crippen LogP contribution in [-0.4, -0.2) is 57.9 Å². The summed E-state index contributed by atoms with van der Waals surface area (Å²) in [6, 6.07) is 1.31. The van der Waals surface area contributed by atoms with E-state index in [1.165, 1.54) is 31.4 Å². The number of phenolic OH excluding ortho intramolecular Hbond substituents is 1. The summed E-state index contributed by atoms with van der Waals surface area (Å²) in [6.45, 7) is 1.66. The zero-order valence-corrected chi connectivity index (χ0v) is 16.6. The van der Waals surface area contributed by atoms with Crippen molar-refractivity contribution < 1.29 is 34.7 Å². The maximum absolute atomic E-state index is 12.6. The fourth-order valence-electron chi connectivity index (χ4n) is 2.67. The second-order valence-corrected chi connectivity index (χ2v) is 7.06. The monoisotopic (exact) mass is 442 g/mol. The number of ether oxygens (including phenoxy) is 2. The molecule has 0 radical (unpaired) electrons. The van der Waals surface area contributed by atoms with E-state index in [0.29, 0.717) is 15.8 Å². The lowest BCUT2D eigenvalue weighted by Crippen LogP contribution is -2.35. The van der Waals surface area contributed by atoms with E-state index in [-0.39, 0.29) is 24.2 Å². The highest BCUT2D eigenvalue weighted by atomic mass is 79.9. The minimum atomic E-state index is -1.37. The van der Waals surface area contributed by atoms with Gasteiger partial charge >= 0.3 is 5.97 Å². The molecule has 0 bridgehead atoms. The maximum Gasteiger partial charge on any atom is 0.342 e. The Labute approximate surface area is 165 Å². The van der Waals surface area contributed by atoms with Crippen LogP contribution in [0.4, 0.5) is 0 Å². The number of esters is 1. The van der Waals surface area contributed by atoms with E-state index in [0.717, 1.165) is 0 Å². The number of fused-ring (bicyclic) bond motifs is 1. The summed E-state index contributed by atoms with van der Waals surface area (Å²) < 4.78 is 11.0. The molecule has 148 valence electrons. The van der Waals surface area contributed by atoms with Gasteiger partial charge in [0, 0.05) is 18.1 Å². The first-order chi connectivity index (χ1) is 12.8. The second kappa shape index (κ2) is 9.36. The van der Waals surface area contributed by atoms with Gasteiger partial charge in [0.25, 0.3) is 0 Å². The fraction of sp³-hybridized carbons (Fsp3) is 0.421. The Morgan fingerprint density at radius 2 is 1.93 bits per heavy atom. The summed E-state index contributed by atoms with van der Waals surface area (Å²) in [4.78, 5) is 12.6. The smallest absolute Gasteiger partial charge is 0.342 e. The molecule has 27 heavy (non-hydrogen) atoms. The summed E-state index contributed by atoms with van der Waals surface area (Å²) in [7, 11) is 1.42. The normalized spacial score (nSPS) is 26.8. The van der Waals surface area contributed by atoms with E-state index in [4.69, 9.17) is 9.47 Å². The van der Waals surface area contributed by atoms with Gasteiger partial charge in [0.05, 0.1) is 17.7 Å². The molecule has 0 amide bonds. The Morgan fingerprint density at radius 3 is 2.59 bits per heavy atom. The highest BCUT2D eigenvalue weighted by Crippen LogP contribution is 2.38. The predicted molar refractivity (Wildman–Crippen MR) is 103 cm³/mol. The summed E-state index contributed by atoms with van der Waals surface area (Å²) in [6.07, 6.45) is 1.88. The lowest BCUT2D eigenvalue weighted by molar-refractivity contribution is -0.0394. The largest absolute Gasteiger partial charge is 0.507 e. The zero-order chi connectivity index (χ0) is 20.1. The first kappa shape index (κ1) is 21.4. The third-order valence-electron chi connectivity index (χ3n) is 4.19. The van der Waals surface area contributed by atoms with Crippen LogP contribution in [0.1, 0.15) is 35.7 Å². The molecule has 1 aromatic rings. The number of carbonyl (C=O) groups is 1. The van der Waals surface area contributed by atoms with Crippen LogP contribution in [0.5, 0.6) is 11.5 Å². The van der Waals surface area contributed by atoms with Crippen LogP contribution >= 0.6 is 15.9 Å². The van der Waals surface area contributed by atoms with Crippen molar-refractivity contribution in [3.63, 3.8) is 0 Å². The molecular formula is C19H23BrO7. The quantitative estimate of drug-likeness (QED) is 0.388. The van der Waals surface area contributed by atoms with Crippen LogP contribution in [0.25, 0.3) is 6.08 Å². The first-order valence-corrected chi connectivity index (χ1v) is 9.23. The number of halogens is 1. The maximum atomic E-state index is 12.6. The number of aliphatic hydroxyl groups is 3. The van der Waals surface area contributed by atoms with E-state index in [1.54, 1.807) is 13.0 Å². The van der Waals surface area contributed by atoms with Gasteiger partial charge in [0.15, 0.2) is 0 Å². The number of carbonyl (C=O) groups excluding carboxylic acids is 1. The van der Waals surface area contributed by atoms with Crippen molar-refractivity contribution in [2.45, 2.75) is 44.2 Å². The van der Waals surface area contributed by atoms with Gasteiger partial charge in [-0.25, -0.2) is 4.79 Å². The average Bonchev–Trinajstić information content (AvgIpc) is 2.62. The van der Waals surface area contributed by atoms with Crippen LogP contribution in [0, 0.1) is 0 Å². The van der Waals surface area contributed by atoms with Gasteiger partial charge in [-0.3, -0.25) is 0 Å². The third-order valence-corrected chi connectivity index (χ3v) is 5.00. The van der Waals surface area contributed by atoms with Crippen molar-refractivity contribution in [3.8, 4) is 11.5 Å². The van der Waals surface area contributed by atoms with Gasteiger partial charge in [-0.1, -0.05) is 24.3 Å². The molecule has 1 aromatic carbocycles. The molecule has 0 saturated carbocycles. The van der Waals surface area contributed by atoms with Crippen LogP contribution in [0.3, 0.4) is 0 Å². The molecule has 4 N–H and O–H groups in total. The van der Waals surface area contributed by atoms with Gasteiger partial charge in [0.2, 0.25) is 0 Å². The van der Waals surface area contributed by atoms with E-state index < -0.39 is 30.4 Å². The Bertz CT molecular complexity index is 744. The summed E-state index contributed by atoms with van der Waals surface area (Å²) >= 11 is 3.35. The van der Waals surface area contributed by atoms with E-state index >= 15 is 0 Å². The molecule has 0 unspecified atom stereocenters. The third kappa shape index (κ3) is 5.10. The number of aromatic hydroxyl groups is 1. The van der Waals surface area contributed by atoms with Crippen LogP contribution in [0.2, 0.25) is 0 Å². The standard InChI is InChI=1S/C19H23BrO7/c1-10-5-3-7-12(21)18(24)13(22)8-4-6-11-16(19(25)27-10)14(23)9-15(26-2)17(11)20/h3-4,6-7,9-10,12-13,18,21-24H,5,8H2,1-2H3/t10-,12-,13+,18+/m0/s1. The van der Waals surface area contributed by atoms with Crippen LogP contribution in [0.15, 0.2) is 28.8 Å². The number of hydrogen-bond acceptors (Lipinski definition) is 7. The van der Waals surface area contributed by atoms with Crippen LogP contribution < -0.4 is 4.74 Å². The van der Waals surface area contributed by atoms with Gasteiger partial charge in [-0.15, -0.1) is 0 Å². The number of methoxy groups -OCH3 is 1. The molecular weight excluding hydrogens is 420 g/mol. The molecule has 0 aliphatic carbocycles. The van der Waals surface area contributed by atoms with Crippen molar-refractivity contribution in [3.05, 3.63) is 39.9 Å². The Balaban J connectivity index is 2.52. The molecule has 0 saturated heterocycles. The van der Waals surface area contributed by atoms with E-state index in [2.05, 4.69) is 15.9 Å². The minimum Gasteiger partial charge on any atom is -0.507 e. The number of rotatable bonds is 1. The Kier molecular flexibility index (Phi) is 7.43. The molecule has 1 aliphatic heterocycles. The summed E-state index contributed by atoms with van der Waals surface area (Å²) in [5.41, 5.74) is 0.278. The molecule has 1 heterocycles. The topological polar surface area (TPSA) is 116 Å². The number of phenols is 1. The second-order valence-electron chi connectivity index (χ2n) is 6.27. The van der Waals surface area contributed by atoms with Gasteiger partial charge in [-0.2, -0.15) is 0 Å². The average molecular weight is 443 g/mol. The fourth-order valence-corrected chi connectivity index (χ4v) is 3.27. The molecule has 7 nitrogen and oxygen atoms in total. The SMILES string of the molecule is COc1cc(O)c2c(c1Br)C=CC[C@@H](O)[C@H](O)[C@@H](O)C=CC[C@H](C)OC2=O. The number of aliphatic hydroxyl groups excluding tert-OH is 3. The molecule has 0 fully saturated rings. The van der Waals surface area contributed by atoms with Crippen molar-refractivity contribution in [2.24, 2.45) is 0 Å². The number of hydrogen-bond donors (Lipinski definition) is 4. The highest BCUT2D eigenvalue weighted by Gasteiger charge is 2.25. The molecule has 1 aliphatic rings. The summed E-state index contributed by atoms with van der Waals surface area (Å²) in [5, 5.41) is 40.3.